The van der Waals surface area contributed by atoms with Crippen molar-refractivity contribution in [1.29, 1.82) is 0 Å². The lowest BCUT2D eigenvalue weighted by Crippen LogP contribution is -2.20. The number of nitrogens with zero attached hydrogens (tertiary/aromatic N) is 1. The van der Waals surface area contributed by atoms with Crippen LogP contribution in [0, 0.1) is 5.92 Å². The zero-order chi connectivity index (χ0) is 6.97. The van der Waals surface area contributed by atoms with Gasteiger partial charge in [0.25, 0.3) is 0 Å². The van der Waals surface area contributed by atoms with Crippen molar-refractivity contribution in [2.24, 2.45) is 11.1 Å². The normalized spacial score (nSPS) is 37.1. The largest absolute Gasteiger partial charge is 0.390 e. The second kappa shape index (κ2) is 2.21. The number of aliphatic hydroxyl groups is 1. The highest BCUT2D eigenvalue weighted by atomic mass is 16.8. The van der Waals surface area contributed by atoms with Crippen LogP contribution in [0.5, 0.6) is 0 Å². The first-order valence-corrected chi connectivity index (χ1v) is 3.37. The third-order valence-corrected chi connectivity index (χ3v) is 1.90. The molecular weight excluding hydrogens is 134 g/mol. The fraction of sp³-hybridized carbons (Fsp3) is 0.833. The summed E-state index contributed by atoms with van der Waals surface area (Å²) < 4.78 is 5.16. The standard InChI is InChI=1S/C6H9NO3/c8-3-5-4-1-2-9-6(4)10-7-5/h4,6,8H,1-3H2. The topological polar surface area (TPSA) is 51.1 Å². The first kappa shape index (κ1) is 6.12. The van der Waals surface area contributed by atoms with E-state index in [0.29, 0.717) is 6.61 Å². The minimum atomic E-state index is -0.206. The van der Waals surface area contributed by atoms with Gasteiger partial charge in [-0.1, -0.05) is 5.16 Å². The lowest BCUT2D eigenvalue weighted by Gasteiger charge is -2.04. The van der Waals surface area contributed by atoms with Crippen molar-refractivity contribution in [2.75, 3.05) is 13.2 Å². The van der Waals surface area contributed by atoms with Crippen molar-refractivity contribution in [1.82, 2.24) is 0 Å². The van der Waals surface area contributed by atoms with Crippen LogP contribution in [0.3, 0.4) is 0 Å². The zero-order valence-electron chi connectivity index (χ0n) is 5.49. The predicted molar refractivity (Wildman–Crippen MR) is 33.5 cm³/mol. The van der Waals surface area contributed by atoms with Gasteiger partial charge in [-0.3, -0.25) is 0 Å². The van der Waals surface area contributed by atoms with E-state index in [-0.39, 0.29) is 18.8 Å². The lowest BCUT2D eigenvalue weighted by atomic mass is 10.0. The van der Waals surface area contributed by atoms with Gasteiger partial charge in [0.2, 0.25) is 6.29 Å². The number of hydrogen-bond acceptors (Lipinski definition) is 4. The maximum absolute atomic E-state index is 8.75. The first-order chi connectivity index (χ1) is 4.92. The van der Waals surface area contributed by atoms with Crippen LogP contribution in [0.2, 0.25) is 0 Å². The number of hydrogen-bond donors (Lipinski definition) is 1. The van der Waals surface area contributed by atoms with Gasteiger partial charge in [0.1, 0.15) is 0 Å². The van der Waals surface area contributed by atoms with Gasteiger partial charge >= 0.3 is 0 Å². The highest BCUT2D eigenvalue weighted by Crippen LogP contribution is 2.28. The molecule has 4 nitrogen and oxygen atoms in total. The van der Waals surface area contributed by atoms with Crippen molar-refractivity contribution in [3.8, 4) is 0 Å². The van der Waals surface area contributed by atoms with Gasteiger partial charge in [-0.25, -0.2) is 0 Å². The van der Waals surface area contributed by atoms with Gasteiger partial charge < -0.3 is 14.7 Å². The quantitative estimate of drug-likeness (QED) is 0.549. The Morgan fingerprint density at radius 3 is 3.40 bits per heavy atom. The Morgan fingerprint density at radius 1 is 1.70 bits per heavy atom. The second-order valence-electron chi connectivity index (χ2n) is 2.48. The fourth-order valence-electron chi connectivity index (χ4n) is 1.32. The van der Waals surface area contributed by atoms with Crippen LogP contribution in [0.15, 0.2) is 5.16 Å². The van der Waals surface area contributed by atoms with Gasteiger partial charge in [0.05, 0.1) is 24.8 Å². The minimum absolute atomic E-state index is 0.00940. The van der Waals surface area contributed by atoms with E-state index >= 15 is 0 Å². The number of rotatable bonds is 1. The highest BCUT2D eigenvalue weighted by Gasteiger charge is 2.38. The summed E-state index contributed by atoms with van der Waals surface area (Å²) in [5.74, 6) is 0.213. The summed E-state index contributed by atoms with van der Waals surface area (Å²) in [5, 5.41) is 12.4. The molecule has 0 radical (unpaired) electrons. The molecule has 2 unspecified atom stereocenters. The van der Waals surface area contributed by atoms with Crippen LogP contribution in [-0.4, -0.2) is 30.3 Å². The van der Waals surface area contributed by atoms with E-state index < -0.39 is 0 Å². The average molecular weight is 143 g/mol. The smallest absolute Gasteiger partial charge is 0.235 e. The fourth-order valence-corrected chi connectivity index (χ4v) is 1.32. The van der Waals surface area contributed by atoms with E-state index in [2.05, 4.69) is 5.16 Å². The van der Waals surface area contributed by atoms with Crippen LogP contribution in [-0.2, 0) is 9.57 Å². The van der Waals surface area contributed by atoms with Gasteiger partial charge in [-0.2, -0.15) is 0 Å². The van der Waals surface area contributed by atoms with E-state index in [1.807, 2.05) is 0 Å². The van der Waals surface area contributed by atoms with Gasteiger partial charge in [0.15, 0.2) is 0 Å². The Balaban J connectivity index is 2.10. The number of fused-ring (bicyclic) bond motifs is 1. The molecule has 2 aliphatic heterocycles. The zero-order valence-corrected chi connectivity index (χ0v) is 5.49. The average Bonchev–Trinajstić information content (AvgIpc) is 2.44. The molecule has 4 heteroatoms. The van der Waals surface area contributed by atoms with Gasteiger partial charge in [0, 0.05) is 0 Å². The summed E-state index contributed by atoms with van der Waals surface area (Å²) in [6.45, 7) is 0.707. The Bertz CT molecular complexity index is 168. The molecule has 2 rings (SSSR count). The molecular formula is C6H9NO3. The third-order valence-electron chi connectivity index (χ3n) is 1.90. The van der Waals surface area contributed by atoms with Crippen LogP contribution in [0.25, 0.3) is 0 Å². The maximum Gasteiger partial charge on any atom is 0.235 e. The second-order valence-corrected chi connectivity index (χ2v) is 2.48. The Morgan fingerprint density at radius 2 is 2.60 bits per heavy atom. The van der Waals surface area contributed by atoms with E-state index in [0.717, 1.165) is 12.1 Å². The van der Waals surface area contributed by atoms with Gasteiger partial charge in [-0.15, -0.1) is 0 Å². The number of ether oxygens (including phenoxy) is 1. The Labute approximate surface area is 58.4 Å². The van der Waals surface area contributed by atoms with Crippen LogP contribution in [0.4, 0.5) is 0 Å². The molecule has 1 N–H and O–H groups in total. The molecule has 10 heavy (non-hydrogen) atoms. The molecule has 2 atom stereocenters. The first-order valence-electron chi connectivity index (χ1n) is 3.37. The summed E-state index contributed by atoms with van der Waals surface area (Å²) in [7, 11) is 0. The molecule has 0 aromatic heterocycles. The summed E-state index contributed by atoms with van der Waals surface area (Å²) in [5.41, 5.74) is 0.725. The third kappa shape index (κ3) is 0.726. The van der Waals surface area contributed by atoms with Crippen LogP contribution >= 0.6 is 0 Å². The highest BCUT2D eigenvalue weighted by molar-refractivity contribution is 5.88. The van der Waals surface area contributed by atoms with Crippen LogP contribution < -0.4 is 0 Å². The predicted octanol–water partition coefficient (Wildman–Crippen LogP) is -0.272. The van der Waals surface area contributed by atoms with Gasteiger partial charge in [-0.05, 0) is 6.42 Å². The maximum atomic E-state index is 8.75. The Hall–Kier alpha value is -0.610. The molecule has 0 bridgehead atoms. The van der Waals surface area contributed by atoms with E-state index in [9.17, 15) is 0 Å². The van der Waals surface area contributed by atoms with Crippen molar-refractivity contribution < 1.29 is 14.7 Å². The molecule has 1 saturated heterocycles. The molecule has 0 amide bonds. The molecule has 0 saturated carbocycles. The molecule has 56 valence electrons. The van der Waals surface area contributed by atoms with E-state index in [1.54, 1.807) is 0 Å². The number of oxime groups is 1. The van der Waals surface area contributed by atoms with E-state index in [4.69, 9.17) is 14.7 Å². The molecule has 1 fully saturated rings. The molecule has 0 aromatic rings. The molecule has 0 spiro atoms. The van der Waals surface area contributed by atoms with Crippen molar-refractivity contribution in [3.63, 3.8) is 0 Å². The van der Waals surface area contributed by atoms with Crippen molar-refractivity contribution in [2.45, 2.75) is 12.7 Å². The summed E-state index contributed by atoms with van der Waals surface area (Å²) in [4.78, 5) is 4.89. The number of aliphatic hydroxyl groups excluding tert-OH is 1. The summed E-state index contributed by atoms with van der Waals surface area (Å²) in [6.07, 6.45) is 0.714. The van der Waals surface area contributed by atoms with Crippen molar-refractivity contribution >= 4 is 5.71 Å². The molecule has 2 aliphatic rings. The summed E-state index contributed by atoms with van der Waals surface area (Å²) >= 11 is 0. The molecule has 2 heterocycles. The monoisotopic (exact) mass is 143 g/mol. The molecule has 0 aliphatic carbocycles. The van der Waals surface area contributed by atoms with E-state index in [1.165, 1.54) is 0 Å². The minimum Gasteiger partial charge on any atom is -0.390 e. The Kier molecular flexibility index (Phi) is 1.35. The molecule has 0 aromatic carbocycles. The SMILES string of the molecule is OCC1=NOC2OCCC12. The lowest BCUT2D eigenvalue weighted by molar-refractivity contribution is -0.106. The van der Waals surface area contributed by atoms with Crippen molar-refractivity contribution in [3.05, 3.63) is 0 Å². The van der Waals surface area contributed by atoms with Crippen LogP contribution in [0.1, 0.15) is 6.42 Å². The summed E-state index contributed by atoms with van der Waals surface area (Å²) in [6, 6.07) is 0.